The molecule has 0 spiro atoms. The Balaban J connectivity index is 2.25. The molecule has 0 aliphatic carbocycles. The first-order chi connectivity index (χ1) is 6.84. The lowest BCUT2D eigenvalue weighted by atomic mass is 10.2. The van der Waals surface area contributed by atoms with Gasteiger partial charge in [0.25, 0.3) is 0 Å². The lowest BCUT2D eigenvalue weighted by Gasteiger charge is -2.19. The maximum Gasteiger partial charge on any atom is 0.170 e. The van der Waals surface area contributed by atoms with Crippen LogP contribution in [-0.4, -0.2) is 25.3 Å². The molecule has 14 heavy (non-hydrogen) atoms. The Morgan fingerprint density at radius 1 is 1.57 bits per heavy atom. The molecule has 1 aliphatic rings. The van der Waals surface area contributed by atoms with E-state index >= 15 is 0 Å². The first kappa shape index (κ1) is 8.23. The highest BCUT2D eigenvalue weighted by atomic mass is 32.2. The summed E-state index contributed by atoms with van der Waals surface area (Å²) in [4.78, 5) is 12.7. The van der Waals surface area contributed by atoms with Gasteiger partial charge in [0.2, 0.25) is 0 Å². The number of hydrogen-bond acceptors (Lipinski definition) is 4. The Morgan fingerprint density at radius 3 is 3.43 bits per heavy atom. The maximum absolute atomic E-state index is 4.49. The van der Waals surface area contributed by atoms with Crippen LogP contribution in [0.2, 0.25) is 0 Å². The zero-order valence-corrected chi connectivity index (χ0v) is 8.66. The highest BCUT2D eigenvalue weighted by Crippen LogP contribution is 2.29. The summed E-state index contributed by atoms with van der Waals surface area (Å²) < 4.78 is 2.19. The summed E-state index contributed by atoms with van der Waals surface area (Å²) in [6, 6.07) is 0. The number of thioether (sulfide) groups is 1. The van der Waals surface area contributed by atoms with E-state index in [1.165, 1.54) is 0 Å². The third-order valence-electron chi connectivity index (χ3n) is 2.37. The van der Waals surface area contributed by atoms with Crippen molar-refractivity contribution in [3.05, 3.63) is 12.5 Å². The van der Waals surface area contributed by atoms with E-state index in [0.717, 1.165) is 28.6 Å². The molecule has 0 fully saturated rings. The summed E-state index contributed by atoms with van der Waals surface area (Å²) >= 11 is 1.81. The number of hydrogen-bond donors (Lipinski definition) is 0. The van der Waals surface area contributed by atoms with E-state index in [1.807, 2.05) is 0 Å². The van der Waals surface area contributed by atoms with E-state index in [0.29, 0.717) is 5.92 Å². The van der Waals surface area contributed by atoms with Gasteiger partial charge in [-0.25, -0.2) is 15.0 Å². The summed E-state index contributed by atoms with van der Waals surface area (Å²) in [5, 5.41) is 1.08. The van der Waals surface area contributed by atoms with Crippen LogP contribution in [0.3, 0.4) is 0 Å². The van der Waals surface area contributed by atoms with Gasteiger partial charge in [-0.15, -0.1) is 0 Å². The molecule has 3 rings (SSSR count). The van der Waals surface area contributed by atoms with Crippen molar-refractivity contribution in [3.63, 3.8) is 0 Å². The number of rotatable bonds is 0. The molecule has 1 atom stereocenters. The standard InChI is InChI=1S/C9H10N4S/c1-6-3-13-8-7(2-10-5-11-8)12-9(13)14-4-6/h2,5-6H,3-4H2,1H3/t6-/m1/s1. The number of aromatic nitrogens is 4. The topological polar surface area (TPSA) is 43.6 Å². The summed E-state index contributed by atoms with van der Waals surface area (Å²) in [5.74, 6) is 1.84. The third kappa shape index (κ3) is 1.12. The first-order valence-electron chi connectivity index (χ1n) is 4.63. The number of fused-ring (bicyclic) bond motifs is 3. The smallest absolute Gasteiger partial charge is 0.170 e. The zero-order valence-electron chi connectivity index (χ0n) is 7.84. The van der Waals surface area contributed by atoms with E-state index in [2.05, 4.69) is 26.4 Å². The first-order valence-corrected chi connectivity index (χ1v) is 5.62. The summed E-state index contributed by atoms with van der Waals surface area (Å²) in [7, 11) is 0. The average Bonchev–Trinajstić information content (AvgIpc) is 2.56. The van der Waals surface area contributed by atoms with Gasteiger partial charge < -0.3 is 4.57 Å². The van der Waals surface area contributed by atoms with Crippen molar-refractivity contribution in [2.75, 3.05) is 5.75 Å². The highest BCUT2D eigenvalue weighted by Gasteiger charge is 2.19. The summed E-state index contributed by atoms with van der Waals surface area (Å²) in [6.45, 7) is 3.28. The molecule has 0 radical (unpaired) electrons. The molecule has 0 saturated heterocycles. The van der Waals surface area contributed by atoms with E-state index < -0.39 is 0 Å². The van der Waals surface area contributed by atoms with Crippen LogP contribution in [0.4, 0.5) is 0 Å². The van der Waals surface area contributed by atoms with Crippen LogP contribution in [-0.2, 0) is 6.54 Å². The van der Waals surface area contributed by atoms with Crippen molar-refractivity contribution in [1.29, 1.82) is 0 Å². The van der Waals surface area contributed by atoms with Gasteiger partial charge in [0, 0.05) is 12.3 Å². The largest absolute Gasteiger partial charge is 0.303 e. The molecule has 3 heterocycles. The van der Waals surface area contributed by atoms with Crippen LogP contribution < -0.4 is 0 Å². The van der Waals surface area contributed by atoms with Gasteiger partial charge in [-0.2, -0.15) is 0 Å². The minimum absolute atomic E-state index is 0.694. The molecule has 0 bridgehead atoms. The fraction of sp³-hybridized carbons (Fsp3) is 0.444. The van der Waals surface area contributed by atoms with Crippen molar-refractivity contribution < 1.29 is 0 Å². The molecule has 72 valence electrons. The van der Waals surface area contributed by atoms with Crippen LogP contribution >= 0.6 is 11.8 Å². The molecule has 0 amide bonds. The normalized spacial score (nSPS) is 21.1. The molecule has 0 saturated carbocycles. The average molecular weight is 206 g/mol. The quantitative estimate of drug-likeness (QED) is 0.656. The molecule has 0 N–H and O–H groups in total. The van der Waals surface area contributed by atoms with Gasteiger partial charge in [0.05, 0.1) is 6.20 Å². The Hall–Kier alpha value is -1.10. The Morgan fingerprint density at radius 2 is 2.50 bits per heavy atom. The lowest BCUT2D eigenvalue weighted by molar-refractivity contribution is 0.492. The minimum Gasteiger partial charge on any atom is -0.303 e. The number of imidazole rings is 1. The van der Waals surface area contributed by atoms with Gasteiger partial charge in [0.15, 0.2) is 10.8 Å². The van der Waals surface area contributed by atoms with E-state index in [4.69, 9.17) is 0 Å². The van der Waals surface area contributed by atoms with Crippen molar-refractivity contribution in [2.45, 2.75) is 18.6 Å². The molecule has 4 nitrogen and oxygen atoms in total. The Kier molecular flexibility index (Phi) is 1.73. The fourth-order valence-corrected chi connectivity index (χ4v) is 2.73. The second-order valence-corrected chi connectivity index (χ2v) is 4.64. The molecule has 0 aromatic carbocycles. The molecule has 5 heteroatoms. The predicted octanol–water partition coefficient (Wildman–Crippen LogP) is 1.57. The van der Waals surface area contributed by atoms with Crippen LogP contribution in [0.15, 0.2) is 17.7 Å². The maximum atomic E-state index is 4.49. The predicted molar refractivity (Wildman–Crippen MR) is 55.2 cm³/mol. The number of nitrogens with zero attached hydrogens (tertiary/aromatic N) is 4. The van der Waals surface area contributed by atoms with Gasteiger partial charge in [-0.1, -0.05) is 18.7 Å². The minimum atomic E-state index is 0.694. The highest BCUT2D eigenvalue weighted by molar-refractivity contribution is 7.99. The van der Waals surface area contributed by atoms with Crippen LogP contribution in [0.25, 0.3) is 11.2 Å². The molecular formula is C9H10N4S. The van der Waals surface area contributed by atoms with Crippen LogP contribution in [0, 0.1) is 5.92 Å². The summed E-state index contributed by atoms with van der Waals surface area (Å²) in [5.41, 5.74) is 1.87. The molecule has 2 aromatic rings. The second-order valence-electron chi connectivity index (χ2n) is 3.65. The monoisotopic (exact) mass is 206 g/mol. The third-order valence-corrected chi connectivity index (χ3v) is 3.67. The Bertz CT molecular complexity index is 479. The van der Waals surface area contributed by atoms with Gasteiger partial charge in [0.1, 0.15) is 11.8 Å². The lowest BCUT2D eigenvalue weighted by Crippen LogP contribution is -2.16. The zero-order chi connectivity index (χ0) is 9.54. The van der Waals surface area contributed by atoms with Gasteiger partial charge >= 0.3 is 0 Å². The van der Waals surface area contributed by atoms with Crippen LogP contribution in [0.1, 0.15) is 6.92 Å². The molecule has 0 unspecified atom stereocenters. The van der Waals surface area contributed by atoms with E-state index in [9.17, 15) is 0 Å². The van der Waals surface area contributed by atoms with E-state index in [-0.39, 0.29) is 0 Å². The van der Waals surface area contributed by atoms with Crippen LogP contribution in [0.5, 0.6) is 0 Å². The van der Waals surface area contributed by atoms with Crippen molar-refractivity contribution in [1.82, 2.24) is 19.5 Å². The van der Waals surface area contributed by atoms with E-state index in [1.54, 1.807) is 24.3 Å². The molecule has 2 aromatic heterocycles. The van der Waals surface area contributed by atoms with Gasteiger partial charge in [-0.3, -0.25) is 0 Å². The molecule has 1 aliphatic heterocycles. The van der Waals surface area contributed by atoms with Gasteiger partial charge in [-0.05, 0) is 5.92 Å². The summed E-state index contributed by atoms with van der Waals surface area (Å²) in [6.07, 6.45) is 3.36. The second kappa shape index (κ2) is 2.95. The fourth-order valence-electron chi connectivity index (χ4n) is 1.71. The van der Waals surface area contributed by atoms with Crippen molar-refractivity contribution >= 4 is 22.9 Å². The van der Waals surface area contributed by atoms with Crippen molar-refractivity contribution in [2.24, 2.45) is 5.92 Å². The molecular weight excluding hydrogens is 196 g/mol. The SMILES string of the molecule is C[C@H]1CSc2nc3cncnc3n2C1. The Labute approximate surface area is 85.8 Å². The van der Waals surface area contributed by atoms with Crippen molar-refractivity contribution in [3.8, 4) is 0 Å².